The van der Waals surface area contributed by atoms with E-state index in [9.17, 15) is 27.6 Å². The van der Waals surface area contributed by atoms with Crippen LogP contribution < -0.4 is 15.6 Å². The molecule has 3 heterocycles. The number of hydrogen-bond donors (Lipinski definition) is 1. The summed E-state index contributed by atoms with van der Waals surface area (Å²) >= 11 is 1.25. The van der Waals surface area contributed by atoms with E-state index in [2.05, 4.69) is 15.3 Å². The van der Waals surface area contributed by atoms with Crippen LogP contribution in [-0.4, -0.2) is 37.9 Å². The molecule has 0 atom stereocenters. The van der Waals surface area contributed by atoms with Crippen molar-refractivity contribution in [2.24, 2.45) is 0 Å². The first-order valence-electron chi connectivity index (χ1n) is 12.0. The van der Waals surface area contributed by atoms with E-state index in [1.807, 2.05) is 0 Å². The molecule has 2 aromatic carbocycles. The van der Waals surface area contributed by atoms with Crippen LogP contribution >= 0.6 is 11.3 Å². The zero-order chi connectivity index (χ0) is 29.1. The third-order valence-electron chi connectivity index (χ3n) is 6.02. The summed E-state index contributed by atoms with van der Waals surface area (Å²) in [5, 5.41) is 4.15. The van der Waals surface area contributed by atoms with Gasteiger partial charge in [0, 0.05) is 41.6 Å². The van der Waals surface area contributed by atoms with E-state index < -0.39 is 29.0 Å². The standard InChI is InChI=1S/C28H20F3N5O4S/c1-40-21-7-5-17(6-8-21)13-35-14-23(34-26(35)25(38)18-3-2-4-19(11-18)28(29,30)31)36-10-9-20(12-24(36)37)33-27(39)22-15-41-16-32-22/h2-12,14-16H,13H2,1H3,(H,33,39). The number of halogens is 3. The van der Waals surface area contributed by atoms with Gasteiger partial charge in [-0.2, -0.15) is 13.2 Å². The van der Waals surface area contributed by atoms with Crippen LogP contribution in [0.4, 0.5) is 18.9 Å². The normalized spacial score (nSPS) is 11.3. The number of anilines is 1. The Morgan fingerprint density at radius 1 is 1.07 bits per heavy atom. The van der Waals surface area contributed by atoms with Crippen LogP contribution in [-0.2, 0) is 12.7 Å². The van der Waals surface area contributed by atoms with Crippen LogP contribution in [0.3, 0.4) is 0 Å². The van der Waals surface area contributed by atoms with Crippen LogP contribution in [0.25, 0.3) is 5.82 Å². The molecule has 0 aliphatic rings. The maximum Gasteiger partial charge on any atom is 0.416 e. The number of carbonyl (C=O) groups excluding carboxylic acids is 2. The third kappa shape index (κ3) is 6.09. The van der Waals surface area contributed by atoms with Crippen molar-refractivity contribution in [1.29, 1.82) is 0 Å². The molecule has 9 nitrogen and oxygen atoms in total. The molecule has 41 heavy (non-hydrogen) atoms. The molecule has 3 aromatic heterocycles. The number of ketones is 1. The molecular weight excluding hydrogens is 559 g/mol. The molecule has 0 aliphatic heterocycles. The molecule has 13 heteroatoms. The fraction of sp³-hybridized carbons (Fsp3) is 0.107. The van der Waals surface area contributed by atoms with Crippen molar-refractivity contribution in [2.45, 2.75) is 12.7 Å². The highest BCUT2D eigenvalue weighted by Crippen LogP contribution is 2.30. The van der Waals surface area contributed by atoms with Crippen LogP contribution in [0.15, 0.2) is 88.7 Å². The molecule has 0 saturated heterocycles. The Hall–Kier alpha value is -5.04. The van der Waals surface area contributed by atoms with Crippen molar-refractivity contribution >= 4 is 28.7 Å². The lowest BCUT2D eigenvalue weighted by molar-refractivity contribution is -0.137. The number of alkyl halides is 3. The molecule has 0 bridgehead atoms. The predicted molar refractivity (Wildman–Crippen MR) is 145 cm³/mol. The van der Waals surface area contributed by atoms with Crippen molar-refractivity contribution in [1.82, 2.24) is 19.1 Å². The lowest BCUT2D eigenvalue weighted by Crippen LogP contribution is -2.20. The summed E-state index contributed by atoms with van der Waals surface area (Å²) < 4.78 is 47.7. The minimum atomic E-state index is -4.63. The van der Waals surface area contributed by atoms with Crippen molar-refractivity contribution < 1.29 is 27.5 Å². The summed E-state index contributed by atoms with van der Waals surface area (Å²) in [4.78, 5) is 47.0. The number of rotatable bonds is 8. The molecule has 5 rings (SSSR count). The van der Waals surface area contributed by atoms with E-state index in [0.29, 0.717) is 5.75 Å². The molecule has 0 aliphatic carbocycles. The number of hydrogen-bond acceptors (Lipinski definition) is 7. The number of nitrogens with one attached hydrogen (secondary N) is 1. The molecule has 0 fully saturated rings. The van der Waals surface area contributed by atoms with Crippen LogP contribution in [0.5, 0.6) is 5.75 Å². The van der Waals surface area contributed by atoms with E-state index in [1.54, 1.807) is 29.6 Å². The monoisotopic (exact) mass is 579 g/mol. The molecular formula is C28H20F3N5O4S. The van der Waals surface area contributed by atoms with E-state index in [-0.39, 0.29) is 35.1 Å². The Bertz CT molecular complexity index is 1780. The van der Waals surface area contributed by atoms with Gasteiger partial charge in [-0.15, -0.1) is 11.3 Å². The number of benzene rings is 2. The number of pyridine rings is 1. The number of nitrogens with zero attached hydrogens (tertiary/aromatic N) is 4. The lowest BCUT2D eigenvalue weighted by atomic mass is 10.1. The van der Waals surface area contributed by atoms with E-state index in [0.717, 1.165) is 28.3 Å². The first-order chi connectivity index (χ1) is 19.6. The van der Waals surface area contributed by atoms with Gasteiger partial charge >= 0.3 is 6.18 Å². The van der Waals surface area contributed by atoms with Crippen molar-refractivity contribution in [3.8, 4) is 11.6 Å². The van der Waals surface area contributed by atoms with E-state index in [1.165, 1.54) is 59.1 Å². The quantitative estimate of drug-likeness (QED) is 0.258. The first kappa shape index (κ1) is 27.5. The first-order valence-corrected chi connectivity index (χ1v) is 12.9. The van der Waals surface area contributed by atoms with Crippen molar-refractivity contribution in [2.75, 3.05) is 12.4 Å². The van der Waals surface area contributed by atoms with Crippen LogP contribution in [0.2, 0.25) is 0 Å². The van der Waals surface area contributed by atoms with E-state index in [4.69, 9.17) is 4.74 Å². The van der Waals surface area contributed by atoms with Gasteiger partial charge in [0.15, 0.2) is 11.6 Å². The summed E-state index contributed by atoms with van der Waals surface area (Å²) in [6, 6.07) is 13.7. The van der Waals surface area contributed by atoms with Crippen LogP contribution in [0.1, 0.15) is 37.8 Å². The fourth-order valence-electron chi connectivity index (χ4n) is 3.98. The smallest absolute Gasteiger partial charge is 0.416 e. The zero-order valence-electron chi connectivity index (χ0n) is 21.3. The van der Waals surface area contributed by atoms with Gasteiger partial charge in [0.2, 0.25) is 5.78 Å². The topological polar surface area (TPSA) is 108 Å². The molecule has 208 valence electrons. The Balaban J connectivity index is 1.51. The largest absolute Gasteiger partial charge is 0.497 e. The van der Waals surface area contributed by atoms with Gasteiger partial charge in [0.05, 0.1) is 18.2 Å². The van der Waals surface area contributed by atoms with Gasteiger partial charge < -0.3 is 14.6 Å². The second-order valence-electron chi connectivity index (χ2n) is 8.76. The van der Waals surface area contributed by atoms with Gasteiger partial charge in [-0.1, -0.05) is 24.3 Å². The highest BCUT2D eigenvalue weighted by molar-refractivity contribution is 7.07. The van der Waals surface area contributed by atoms with Crippen LogP contribution in [0, 0.1) is 0 Å². The lowest BCUT2D eigenvalue weighted by Gasteiger charge is -2.10. The SMILES string of the molecule is COc1ccc(Cn2cc(-n3ccc(NC(=O)c4cscn4)cc3=O)nc2C(=O)c2cccc(C(F)(F)F)c2)cc1. The summed E-state index contributed by atoms with van der Waals surface area (Å²) in [6.07, 6.45) is -1.80. The highest BCUT2D eigenvalue weighted by atomic mass is 32.1. The molecule has 1 N–H and O–H groups in total. The highest BCUT2D eigenvalue weighted by Gasteiger charge is 2.31. The third-order valence-corrected chi connectivity index (χ3v) is 6.61. The molecule has 5 aromatic rings. The summed E-state index contributed by atoms with van der Waals surface area (Å²) in [7, 11) is 1.52. The molecule has 0 unspecified atom stereocenters. The minimum Gasteiger partial charge on any atom is -0.497 e. The number of aromatic nitrogens is 4. The maximum absolute atomic E-state index is 13.4. The van der Waals surface area contributed by atoms with E-state index >= 15 is 0 Å². The molecule has 0 radical (unpaired) electrons. The predicted octanol–water partition coefficient (Wildman–Crippen LogP) is 5.05. The summed E-state index contributed by atoms with van der Waals surface area (Å²) in [5.41, 5.74) is 0.946. The number of imidazole rings is 1. The number of methoxy groups -OCH3 is 1. The minimum absolute atomic E-state index is 0.0659. The number of thiazole rings is 1. The number of ether oxygens (including phenoxy) is 1. The molecule has 1 amide bonds. The summed E-state index contributed by atoms with van der Waals surface area (Å²) in [5.74, 6) is -0.717. The zero-order valence-corrected chi connectivity index (χ0v) is 22.1. The number of amides is 1. The molecule has 0 saturated carbocycles. The second kappa shape index (κ2) is 11.2. The fourth-order valence-corrected chi connectivity index (χ4v) is 4.51. The summed E-state index contributed by atoms with van der Waals surface area (Å²) in [6.45, 7) is 0.133. The van der Waals surface area contributed by atoms with Gasteiger partial charge in [0.25, 0.3) is 11.5 Å². The van der Waals surface area contributed by atoms with Gasteiger partial charge in [-0.05, 0) is 35.9 Å². The van der Waals surface area contributed by atoms with Gasteiger partial charge in [-0.25, -0.2) is 9.97 Å². The van der Waals surface area contributed by atoms with Gasteiger partial charge in [-0.3, -0.25) is 19.0 Å². The second-order valence-corrected chi connectivity index (χ2v) is 9.48. The number of carbonyl (C=O) groups is 2. The van der Waals surface area contributed by atoms with Crippen molar-refractivity contribution in [3.63, 3.8) is 0 Å². The van der Waals surface area contributed by atoms with Crippen molar-refractivity contribution in [3.05, 3.63) is 123 Å². The Labute approximate surface area is 234 Å². The Kier molecular flexibility index (Phi) is 7.53. The molecule has 0 spiro atoms. The Morgan fingerprint density at radius 3 is 2.51 bits per heavy atom. The average Bonchev–Trinajstić information content (AvgIpc) is 3.64. The average molecular weight is 580 g/mol. The van der Waals surface area contributed by atoms with Gasteiger partial charge in [0.1, 0.15) is 11.4 Å². The Morgan fingerprint density at radius 2 is 1.85 bits per heavy atom. The maximum atomic E-state index is 13.4.